The number of nitrogens with zero attached hydrogens (tertiary/aromatic N) is 2. The third-order valence-corrected chi connectivity index (χ3v) is 1.77. The highest BCUT2D eigenvalue weighted by Crippen LogP contribution is 2.03. The maximum absolute atomic E-state index is 11.0. The fourth-order valence-electron chi connectivity index (χ4n) is 1.16. The molecule has 0 atom stereocenters. The Morgan fingerprint density at radius 1 is 1.54 bits per heavy atom. The lowest BCUT2D eigenvalue weighted by Gasteiger charge is -2.03. The summed E-state index contributed by atoms with van der Waals surface area (Å²) in [4.78, 5) is 4.30. The van der Waals surface area contributed by atoms with E-state index in [-0.39, 0.29) is 0 Å². The average Bonchev–Trinajstić information content (AvgIpc) is 2.15. The summed E-state index contributed by atoms with van der Waals surface area (Å²) in [6.07, 6.45) is 4.88. The van der Waals surface area contributed by atoms with Crippen LogP contribution in [-0.4, -0.2) is 15.5 Å². The van der Waals surface area contributed by atoms with Crippen molar-refractivity contribution in [2.24, 2.45) is 5.84 Å². The Bertz CT molecular complexity index is 291. The SMILES string of the molecule is CCCC(c1ccncc1)=[N+](N)[O-]. The van der Waals surface area contributed by atoms with E-state index in [1.165, 1.54) is 0 Å². The third kappa shape index (κ3) is 2.43. The zero-order valence-electron chi connectivity index (χ0n) is 7.60. The van der Waals surface area contributed by atoms with E-state index < -0.39 is 0 Å². The number of hydrazone groups is 1. The molecule has 4 nitrogen and oxygen atoms in total. The van der Waals surface area contributed by atoms with Crippen LogP contribution in [0.2, 0.25) is 0 Å². The summed E-state index contributed by atoms with van der Waals surface area (Å²) in [6, 6.07) is 3.56. The summed E-state index contributed by atoms with van der Waals surface area (Å²) in [5, 5.41) is 11.0. The normalized spacial score (nSPS) is 12.4. The summed E-state index contributed by atoms with van der Waals surface area (Å²) in [7, 11) is 0. The van der Waals surface area contributed by atoms with Gasteiger partial charge in [0, 0.05) is 24.4 Å². The van der Waals surface area contributed by atoms with Crippen molar-refractivity contribution in [2.75, 3.05) is 0 Å². The molecule has 1 rings (SSSR count). The maximum atomic E-state index is 11.0. The monoisotopic (exact) mass is 179 g/mol. The zero-order chi connectivity index (χ0) is 9.68. The van der Waals surface area contributed by atoms with E-state index in [0.717, 1.165) is 12.0 Å². The molecular weight excluding hydrogens is 166 g/mol. The number of hydrogen-bond acceptors (Lipinski definition) is 3. The van der Waals surface area contributed by atoms with E-state index in [9.17, 15) is 5.21 Å². The second kappa shape index (κ2) is 4.45. The third-order valence-electron chi connectivity index (χ3n) is 1.77. The first-order valence-corrected chi connectivity index (χ1v) is 4.24. The minimum Gasteiger partial charge on any atom is -0.596 e. The van der Waals surface area contributed by atoms with Gasteiger partial charge in [0.05, 0.1) is 0 Å². The number of rotatable bonds is 3. The van der Waals surface area contributed by atoms with Gasteiger partial charge < -0.3 is 5.21 Å². The molecule has 0 aliphatic heterocycles. The van der Waals surface area contributed by atoms with Crippen molar-refractivity contribution in [3.63, 3.8) is 0 Å². The predicted octanol–water partition coefficient (Wildman–Crippen LogP) is 1.05. The fourth-order valence-corrected chi connectivity index (χ4v) is 1.16. The molecule has 1 heterocycles. The average molecular weight is 179 g/mol. The lowest BCUT2D eigenvalue weighted by Crippen LogP contribution is -2.22. The quantitative estimate of drug-likeness (QED) is 0.248. The molecule has 1 aromatic heterocycles. The van der Waals surface area contributed by atoms with Gasteiger partial charge in [0.1, 0.15) is 0 Å². The zero-order valence-corrected chi connectivity index (χ0v) is 7.60. The highest BCUT2D eigenvalue weighted by atomic mass is 16.5. The summed E-state index contributed by atoms with van der Waals surface area (Å²) in [5.41, 5.74) is 1.44. The Balaban J connectivity index is 2.97. The summed E-state index contributed by atoms with van der Waals surface area (Å²) in [5.74, 6) is 5.18. The van der Waals surface area contributed by atoms with Gasteiger partial charge in [-0.25, -0.2) is 0 Å². The number of aromatic nitrogens is 1. The van der Waals surface area contributed by atoms with Crippen LogP contribution < -0.4 is 5.84 Å². The summed E-state index contributed by atoms with van der Waals surface area (Å²) in [6.45, 7) is 2.00. The first-order valence-electron chi connectivity index (χ1n) is 4.24. The molecule has 70 valence electrons. The van der Waals surface area contributed by atoms with Crippen molar-refractivity contribution in [3.8, 4) is 0 Å². The predicted molar refractivity (Wildman–Crippen MR) is 51.1 cm³/mol. The van der Waals surface area contributed by atoms with Crippen molar-refractivity contribution < 1.29 is 4.85 Å². The van der Waals surface area contributed by atoms with Crippen LogP contribution in [0.4, 0.5) is 0 Å². The smallest absolute Gasteiger partial charge is 0.225 e. The van der Waals surface area contributed by atoms with Crippen molar-refractivity contribution >= 4 is 5.71 Å². The van der Waals surface area contributed by atoms with Crippen LogP contribution in [-0.2, 0) is 0 Å². The number of hydrazine groups is 1. The van der Waals surface area contributed by atoms with Crippen LogP contribution in [0.25, 0.3) is 0 Å². The number of pyridine rings is 1. The summed E-state index contributed by atoms with van der Waals surface area (Å²) < 4.78 is 0. The molecule has 0 bridgehead atoms. The van der Waals surface area contributed by atoms with Gasteiger partial charge in [0.25, 0.3) is 0 Å². The molecule has 0 fully saturated rings. The Morgan fingerprint density at radius 2 is 2.15 bits per heavy atom. The van der Waals surface area contributed by atoms with Crippen LogP contribution in [0.5, 0.6) is 0 Å². The maximum Gasteiger partial charge on any atom is 0.225 e. The van der Waals surface area contributed by atoms with Gasteiger partial charge >= 0.3 is 0 Å². The van der Waals surface area contributed by atoms with Crippen molar-refractivity contribution in [3.05, 3.63) is 35.3 Å². The molecule has 0 saturated heterocycles. The molecule has 0 aliphatic carbocycles. The molecule has 0 aliphatic rings. The van der Waals surface area contributed by atoms with E-state index >= 15 is 0 Å². The van der Waals surface area contributed by atoms with Gasteiger partial charge in [-0.3, -0.25) is 4.98 Å². The molecular formula is C9H13N3O. The molecule has 0 amide bonds. The van der Waals surface area contributed by atoms with E-state index in [4.69, 9.17) is 5.84 Å². The lowest BCUT2D eigenvalue weighted by molar-refractivity contribution is -0.470. The van der Waals surface area contributed by atoms with Gasteiger partial charge in [-0.2, -0.15) is 5.84 Å². The highest BCUT2D eigenvalue weighted by Gasteiger charge is 2.09. The van der Waals surface area contributed by atoms with Gasteiger partial charge in [0.15, 0.2) is 0 Å². The van der Waals surface area contributed by atoms with Crippen LogP contribution in [0, 0.1) is 5.21 Å². The Labute approximate surface area is 77.3 Å². The van der Waals surface area contributed by atoms with Gasteiger partial charge in [-0.15, -0.1) is 0 Å². The molecule has 0 saturated carbocycles. The van der Waals surface area contributed by atoms with Crippen molar-refractivity contribution in [1.29, 1.82) is 0 Å². The van der Waals surface area contributed by atoms with Crippen LogP contribution >= 0.6 is 0 Å². The Hall–Kier alpha value is -1.58. The van der Waals surface area contributed by atoms with Crippen LogP contribution in [0.1, 0.15) is 25.3 Å². The minimum absolute atomic E-state index is 0.429. The Kier molecular flexibility index (Phi) is 3.25. The van der Waals surface area contributed by atoms with Crippen molar-refractivity contribution in [1.82, 2.24) is 4.98 Å². The fraction of sp³-hybridized carbons (Fsp3) is 0.333. The minimum atomic E-state index is 0.429. The second-order valence-electron chi connectivity index (χ2n) is 2.76. The van der Waals surface area contributed by atoms with E-state index in [2.05, 4.69) is 4.98 Å². The molecule has 0 radical (unpaired) electrons. The van der Waals surface area contributed by atoms with Gasteiger partial charge in [0.2, 0.25) is 5.71 Å². The van der Waals surface area contributed by atoms with E-state index in [1.807, 2.05) is 6.92 Å². The molecule has 0 unspecified atom stereocenters. The van der Waals surface area contributed by atoms with Crippen LogP contribution in [0.15, 0.2) is 24.5 Å². The lowest BCUT2D eigenvalue weighted by atomic mass is 10.1. The van der Waals surface area contributed by atoms with Crippen molar-refractivity contribution in [2.45, 2.75) is 19.8 Å². The van der Waals surface area contributed by atoms with E-state index in [0.29, 0.717) is 17.0 Å². The summed E-state index contributed by atoms with van der Waals surface area (Å²) >= 11 is 0. The molecule has 2 N–H and O–H groups in total. The molecule has 0 spiro atoms. The second-order valence-corrected chi connectivity index (χ2v) is 2.76. The van der Waals surface area contributed by atoms with Crippen LogP contribution in [0.3, 0.4) is 0 Å². The molecule has 0 aromatic carbocycles. The molecule has 1 aromatic rings. The standard InChI is InChI=1S/C9H13N3O/c1-2-3-9(12(10)13)8-4-6-11-7-5-8/h4-7H,2-3,10H2,1H3. The van der Waals surface area contributed by atoms with Gasteiger partial charge in [-0.1, -0.05) is 11.8 Å². The largest absolute Gasteiger partial charge is 0.596 e. The Morgan fingerprint density at radius 3 is 2.62 bits per heavy atom. The highest BCUT2D eigenvalue weighted by molar-refractivity contribution is 5.96. The topological polar surface area (TPSA) is 65.0 Å². The van der Waals surface area contributed by atoms with E-state index in [1.54, 1.807) is 24.5 Å². The molecule has 13 heavy (non-hydrogen) atoms. The van der Waals surface area contributed by atoms with Gasteiger partial charge in [-0.05, 0) is 18.6 Å². The first-order chi connectivity index (χ1) is 6.25. The molecule has 4 heteroatoms. The first kappa shape index (κ1) is 9.51. The number of nitrogens with two attached hydrogens (primary N) is 1. The number of hydrogen-bond donors (Lipinski definition) is 1.